The molecule has 1 atom stereocenters. The molecular formula is C29H22BrF8N5O2. The van der Waals surface area contributed by atoms with Crippen LogP contribution in [0.5, 0.6) is 5.88 Å². The first-order chi connectivity index (χ1) is 21.2. The van der Waals surface area contributed by atoms with Gasteiger partial charge in [-0.05, 0) is 58.2 Å². The summed E-state index contributed by atoms with van der Waals surface area (Å²) in [4.78, 5) is 21.9. The van der Waals surface area contributed by atoms with Crippen molar-refractivity contribution in [1.82, 2.24) is 25.1 Å². The largest absolute Gasteiger partial charge is 0.481 e. The first-order valence-electron chi connectivity index (χ1n) is 13.2. The molecule has 3 aromatic heterocycles. The molecule has 238 valence electrons. The van der Waals surface area contributed by atoms with E-state index >= 15 is 0 Å². The summed E-state index contributed by atoms with van der Waals surface area (Å²) < 4.78 is 120. The Morgan fingerprint density at radius 3 is 2.38 bits per heavy atom. The van der Waals surface area contributed by atoms with Crippen LogP contribution in [0.2, 0.25) is 0 Å². The van der Waals surface area contributed by atoms with Gasteiger partial charge in [0.15, 0.2) is 0 Å². The predicted molar refractivity (Wildman–Crippen MR) is 147 cm³/mol. The summed E-state index contributed by atoms with van der Waals surface area (Å²) in [7, 11) is 1.41. The smallest absolute Gasteiger partial charge is 0.290 e. The van der Waals surface area contributed by atoms with E-state index in [0.717, 1.165) is 12.1 Å². The molecule has 0 bridgehead atoms. The van der Waals surface area contributed by atoms with Crippen LogP contribution in [0.4, 0.5) is 35.1 Å². The third kappa shape index (κ3) is 6.79. The molecule has 0 radical (unpaired) electrons. The van der Waals surface area contributed by atoms with Crippen molar-refractivity contribution in [1.29, 1.82) is 0 Å². The minimum Gasteiger partial charge on any atom is -0.481 e. The molecule has 1 aromatic carbocycles. The van der Waals surface area contributed by atoms with Gasteiger partial charge >= 0.3 is 0 Å². The predicted octanol–water partition coefficient (Wildman–Crippen LogP) is 7.40. The molecule has 0 saturated carbocycles. The molecule has 0 fully saturated rings. The van der Waals surface area contributed by atoms with Crippen LogP contribution >= 0.6 is 15.9 Å². The molecule has 1 aliphatic carbocycles. The lowest BCUT2D eigenvalue weighted by Crippen LogP contribution is -2.37. The standard InChI is InChI=1S/C29H22BrF8N5O2/c1-45-22-11-15(4-7-39-22)19-3-2-18(30)24(41-19)20(10-14-8-16(31)12-17(32)9-14)40-21(44)13-43-26-23(25(42-43)27(33)34)28(35,36)5-6-29(26,37)38/h2-4,7-9,11-12,20,27H,5-6,10,13H2,1H3,(H,40,44). The highest BCUT2D eigenvalue weighted by molar-refractivity contribution is 9.10. The number of rotatable bonds is 9. The fraction of sp³-hybridized carbons (Fsp3) is 0.310. The molecule has 1 amide bonds. The molecule has 4 aromatic rings. The maximum atomic E-state index is 14.9. The van der Waals surface area contributed by atoms with Crippen molar-refractivity contribution >= 4 is 21.8 Å². The van der Waals surface area contributed by atoms with E-state index in [1.165, 1.54) is 13.3 Å². The van der Waals surface area contributed by atoms with E-state index in [0.29, 0.717) is 21.8 Å². The lowest BCUT2D eigenvalue weighted by atomic mass is 9.89. The third-order valence-electron chi connectivity index (χ3n) is 7.09. The summed E-state index contributed by atoms with van der Waals surface area (Å²) in [6.45, 7) is -1.15. The summed E-state index contributed by atoms with van der Waals surface area (Å²) in [5.74, 6) is -10.6. The number of halogens is 9. The van der Waals surface area contributed by atoms with Gasteiger partial charge in [-0.25, -0.2) is 36.3 Å². The molecule has 1 N–H and O–H groups in total. The fourth-order valence-corrected chi connectivity index (χ4v) is 5.63. The number of alkyl halides is 6. The van der Waals surface area contributed by atoms with Crippen molar-refractivity contribution in [3.05, 3.63) is 93.0 Å². The highest BCUT2D eigenvalue weighted by Crippen LogP contribution is 2.52. The number of benzene rings is 1. The Morgan fingerprint density at radius 2 is 1.71 bits per heavy atom. The quantitative estimate of drug-likeness (QED) is 0.184. The van der Waals surface area contributed by atoms with Gasteiger partial charge in [-0.3, -0.25) is 9.48 Å². The van der Waals surface area contributed by atoms with Crippen LogP contribution in [0.1, 0.15) is 53.5 Å². The van der Waals surface area contributed by atoms with Gasteiger partial charge in [-0.2, -0.15) is 13.9 Å². The summed E-state index contributed by atoms with van der Waals surface area (Å²) in [6, 6.07) is 7.86. The summed E-state index contributed by atoms with van der Waals surface area (Å²) in [5, 5.41) is 5.81. The molecule has 1 aliphatic rings. The van der Waals surface area contributed by atoms with Crippen LogP contribution in [0.25, 0.3) is 11.3 Å². The number of nitrogens with one attached hydrogen (secondary N) is 1. The zero-order valence-electron chi connectivity index (χ0n) is 23.1. The van der Waals surface area contributed by atoms with E-state index in [9.17, 15) is 39.9 Å². The minimum absolute atomic E-state index is 0.0742. The van der Waals surface area contributed by atoms with Crippen LogP contribution in [-0.2, 0) is 29.6 Å². The van der Waals surface area contributed by atoms with Crippen LogP contribution in [0, 0.1) is 11.6 Å². The van der Waals surface area contributed by atoms with E-state index < -0.39 is 78.2 Å². The van der Waals surface area contributed by atoms with Crippen molar-refractivity contribution < 1.29 is 44.7 Å². The monoisotopic (exact) mass is 703 g/mol. The molecule has 0 aliphatic heterocycles. The average Bonchev–Trinajstić information content (AvgIpc) is 3.37. The van der Waals surface area contributed by atoms with Gasteiger partial charge in [0.2, 0.25) is 11.8 Å². The second kappa shape index (κ2) is 12.4. The number of ether oxygens (including phenoxy) is 1. The number of amides is 1. The molecular weight excluding hydrogens is 682 g/mol. The maximum absolute atomic E-state index is 14.9. The Morgan fingerprint density at radius 1 is 1.02 bits per heavy atom. The van der Waals surface area contributed by atoms with Crippen LogP contribution in [0.3, 0.4) is 0 Å². The maximum Gasteiger partial charge on any atom is 0.290 e. The van der Waals surface area contributed by atoms with Crippen molar-refractivity contribution in [2.45, 2.75) is 50.1 Å². The Kier molecular flexibility index (Phi) is 8.88. The third-order valence-corrected chi connectivity index (χ3v) is 7.76. The first-order valence-corrected chi connectivity index (χ1v) is 14.0. The second-order valence-corrected chi connectivity index (χ2v) is 11.1. The molecule has 0 saturated heterocycles. The summed E-state index contributed by atoms with van der Waals surface area (Å²) in [5.41, 5.74) is -3.50. The first kappa shape index (κ1) is 32.3. The average molecular weight is 704 g/mol. The van der Waals surface area contributed by atoms with Crippen LogP contribution in [-0.4, -0.2) is 32.8 Å². The molecule has 3 heterocycles. The van der Waals surface area contributed by atoms with Crippen molar-refractivity contribution in [3.63, 3.8) is 0 Å². The minimum atomic E-state index is -4.02. The van der Waals surface area contributed by atoms with Gasteiger partial charge in [-0.1, -0.05) is 0 Å². The van der Waals surface area contributed by atoms with Gasteiger partial charge in [0, 0.05) is 41.2 Å². The zero-order chi connectivity index (χ0) is 32.7. The number of carbonyl (C=O) groups excluding carboxylic acids is 1. The number of pyridine rings is 2. The number of nitrogens with zero attached hydrogens (tertiary/aromatic N) is 4. The van der Waals surface area contributed by atoms with Gasteiger partial charge in [-0.15, -0.1) is 0 Å². The summed E-state index contributed by atoms with van der Waals surface area (Å²) >= 11 is 3.34. The lowest BCUT2D eigenvalue weighted by Gasteiger charge is -2.29. The van der Waals surface area contributed by atoms with Crippen LogP contribution in [0.15, 0.2) is 53.1 Å². The zero-order valence-corrected chi connectivity index (χ0v) is 24.7. The molecule has 7 nitrogen and oxygen atoms in total. The Balaban J connectivity index is 1.54. The lowest BCUT2D eigenvalue weighted by molar-refractivity contribution is -0.123. The van der Waals surface area contributed by atoms with Gasteiger partial charge in [0.25, 0.3) is 18.3 Å². The number of hydrogen-bond acceptors (Lipinski definition) is 5. The molecule has 0 spiro atoms. The van der Waals surface area contributed by atoms with Crippen molar-refractivity contribution in [2.24, 2.45) is 0 Å². The Hall–Kier alpha value is -4.08. The highest BCUT2D eigenvalue weighted by Gasteiger charge is 2.55. The van der Waals surface area contributed by atoms with Gasteiger partial charge in [0.1, 0.15) is 29.6 Å². The summed E-state index contributed by atoms with van der Waals surface area (Å²) in [6.07, 6.45) is -5.16. The molecule has 16 heteroatoms. The van der Waals surface area contributed by atoms with E-state index in [1.807, 2.05) is 0 Å². The van der Waals surface area contributed by atoms with Gasteiger partial charge < -0.3 is 10.1 Å². The number of aromatic nitrogens is 4. The number of methoxy groups -OCH3 is 1. The highest BCUT2D eigenvalue weighted by atomic mass is 79.9. The van der Waals surface area contributed by atoms with Crippen LogP contribution < -0.4 is 10.1 Å². The van der Waals surface area contributed by atoms with Gasteiger partial charge in [0.05, 0.1) is 30.1 Å². The van der Waals surface area contributed by atoms with Crippen molar-refractivity contribution in [3.8, 4) is 17.1 Å². The van der Waals surface area contributed by atoms with E-state index in [2.05, 4.69) is 36.3 Å². The van der Waals surface area contributed by atoms with Crippen molar-refractivity contribution in [2.75, 3.05) is 7.11 Å². The number of hydrogen-bond donors (Lipinski definition) is 1. The SMILES string of the molecule is COc1cc(-c2ccc(Br)c(C(Cc3cc(F)cc(F)c3)NC(=O)Cn3nc(C(F)F)c4c3C(F)(F)CCC4(F)F)n2)ccn1. The van der Waals surface area contributed by atoms with E-state index in [-0.39, 0.29) is 28.2 Å². The molecule has 5 rings (SSSR count). The molecule has 45 heavy (non-hydrogen) atoms. The Labute approximate surface area is 258 Å². The van der Waals surface area contributed by atoms with E-state index in [1.54, 1.807) is 24.3 Å². The number of carbonyl (C=O) groups is 1. The number of fused-ring (bicyclic) bond motifs is 1. The Bertz CT molecular complexity index is 1730. The fourth-order valence-electron chi connectivity index (χ4n) is 5.14. The topological polar surface area (TPSA) is 81.9 Å². The normalized spacial score (nSPS) is 15.9. The second-order valence-electron chi connectivity index (χ2n) is 10.2. The molecule has 1 unspecified atom stereocenters. The van der Waals surface area contributed by atoms with E-state index in [4.69, 9.17) is 4.74 Å².